The molecule has 0 radical (unpaired) electrons. The fourth-order valence-corrected chi connectivity index (χ4v) is 8.04. The summed E-state index contributed by atoms with van der Waals surface area (Å²) in [5, 5.41) is 3.02. The van der Waals surface area contributed by atoms with E-state index >= 15 is 0 Å². The van der Waals surface area contributed by atoms with Crippen molar-refractivity contribution < 1.29 is 37.3 Å². The Morgan fingerprint density at radius 2 is 0.985 bits per heavy atom. The average molecular weight is 934 g/mol. The predicted octanol–water partition coefficient (Wildman–Crippen LogP) is 15.5. The maximum Gasteiger partial charge on any atom is 0.472 e. The van der Waals surface area contributed by atoms with Gasteiger partial charge in [0.25, 0.3) is 0 Å². The molecule has 0 saturated heterocycles. The Morgan fingerprint density at radius 1 is 0.554 bits per heavy atom. The summed E-state index contributed by atoms with van der Waals surface area (Å²) >= 11 is 0. The number of phosphoric acid groups is 1. The van der Waals surface area contributed by atoms with Crippen LogP contribution in [0.2, 0.25) is 0 Å². The third kappa shape index (κ3) is 46.6. The molecule has 0 aromatic carbocycles. The summed E-state index contributed by atoms with van der Waals surface area (Å²) in [4.78, 5) is 37.4. The number of amides is 1. The Labute approximate surface area is 401 Å². The molecule has 1 amide bonds. The van der Waals surface area contributed by atoms with Gasteiger partial charge in [0.15, 0.2) is 0 Å². The third-order valence-corrected chi connectivity index (χ3v) is 12.4. The van der Waals surface area contributed by atoms with E-state index in [1.807, 2.05) is 33.3 Å². The van der Waals surface area contributed by atoms with E-state index in [0.29, 0.717) is 23.9 Å². The zero-order chi connectivity index (χ0) is 48.0. The molecule has 0 aliphatic carbocycles. The van der Waals surface area contributed by atoms with Gasteiger partial charge in [-0.15, -0.1) is 0 Å². The molecule has 0 fully saturated rings. The van der Waals surface area contributed by atoms with E-state index in [1.54, 1.807) is 0 Å². The first-order valence-electron chi connectivity index (χ1n) is 26.6. The molecule has 0 aromatic heterocycles. The van der Waals surface area contributed by atoms with Crippen molar-refractivity contribution in [3.8, 4) is 0 Å². The van der Waals surface area contributed by atoms with Crippen molar-refractivity contribution in [1.82, 2.24) is 5.32 Å². The number of likely N-dealkylation sites (N-methyl/N-ethyl adjacent to an activating group) is 1. The van der Waals surface area contributed by atoms with E-state index in [1.165, 1.54) is 89.9 Å². The van der Waals surface area contributed by atoms with E-state index in [4.69, 9.17) is 13.8 Å². The molecule has 2 N–H and O–H groups in total. The van der Waals surface area contributed by atoms with Crippen LogP contribution >= 0.6 is 7.82 Å². The Hall–Kier alpha value is -2.29. The Morgan fingerprint density at radius 3 is 1.51 bits per heavy atom. The topological polar surface area (TPSA) is 111 Å². The van der Waals surface area contributed by atoms with Gasteiger partial charge in [-0.05, 0) is 89.5 Å². The number of esters is 1. The lowest BCUT2D eigenvalue weighted by Crippen LogP contribution is -2.47. The molecule has 10 heteroatoms. The molecule has 3 unspecified atom stereocenters. The maximum atomic E-state index is 13.4. The average Bonchev–Trinajstić information content (AvgIpc) is 3.26. The molecule has 0 rings (SSSR count). The van der Waals surface area contributed by atoms with Crippen LogP contribution in [0.15, 0.2) is 60.8 Å². The zero-order valence-corrected chi connectivity index (χ0v) is 43.9. The number of hydrogen-bond acceptors (Lipinski definition) is 6. The number of carbonyl (C=O) groups is 2. The van der Waals surface area contributed by atoms with Gasteiger partial charge in [-0.2, -0.15) is 0 Å². The molecule has 65 heavy (non-hydrogen) atoms. The first-order chi connectivity index (χ1) is 31.4. The molecule has 9 nitrogen and oxygen atoms in total. The molecule has 0 spiro atoms. The summed E-state index contributed by atoms with van der Waals surface area (Å²) in [7, 11) is 1.47. The van der Waals surface area contributed by atoms with E-state index in [2.05, 4.69) is 74.7 Å². The SMILES string of the molecule is CC/C=C/C/C=C/C/C=C/CCCCCCC(=O)NC(COP(=O)(O)OCC[N+](C)(C)C)C(/C=C/CCCCCCCCCCCC)OC(=O)CCCCC/C=C\CCCCCCCC. The van der Waals surface area contributed by atoms with Gasteiger partial charge in [0.05, 0.1) is 33.8 Å². The smallest absolute Gasteiger partial charge is 0.456 e. The normalized spacial score (nSPS) is 14.4. The van der Waals surface area contributed by atoms with Crippen molar-refractivity contribution in [1.29, 1.82) is 0 Å². The Bertz CT molecular complexity index is 1300. The van der Waals surface area contributed by atoms with E-state index in [-0.39, 0.29) is 31.5 Å². The quantitative estimate of drug-likeness (QED) is 0.0206. The Balaban J connectivity index is 5.49. The van der Waals surface area contributed by atoms with Crippen LogP contribution in [0.5, 0.6) is 0 Å². The van der Waals surface area contributed by atoms with Crippen molar-refractivity contribution >= 4 is 19.7 Å². The second kappa shape index (κ2) is 45.5. The highest BCUT2D eigenvalue weighted by atomic mass is 31.2. The van der Waals surface area contributed by atoms with Crippen molar-refractivity contribution in [3.63, 3.8) is 0 Å². The van der Waals surface area contributed by atoms with E-state index in [0.717, 1.165) is 96.3 Å². The molecular weight excluding hydrogens is 832 g/mol. The van der Waals surface area contributed by atoms with E-state index in [9.17, 15) is 19.0 Å². The number of hydrogen-bond donors (Lipinski definition) is 2. The molecule has 0 aromatic rings. The van der Waals surface area contributed by atoms with Gasteiger partial charge in [-0.25, -0.2) is 4.57 Å². The lowest BCUT2D eigenvalue weighted by Gasteiger charge is -2.27. The van der Waals surface area contributed by atoms with Gasteiger partial charge >= 0.3 is 13.8 Å². The number of nitrogens with one attached hydrogen (secondary N) is 1. The zero-order valence-electron chi connectivity index (χ0n) is 43.0. The number of quaternary nitrogens is 1. The van der Waals surface area contributed by atoms with Crippen molar-refractivity contribution in [2.45, 2.75) is 238 Å². The highest BCUT2D eigenvalue weighted by Crippen LogP contribution is 2.43. The molecule has 3 atom stereocenters. The highest BCUT2D eigenvalue weighted by molar-refractivity contribution is 7.47. The number of nitrogens with zero attached hydrogens (tertiary/aromatic N) is 1. The molecular formula is C55H102N2O7P+. The maximum absolute atomic E-state index is 13.4. The third-order valence-electron chi connectivity index (χ3n) is 11.4. The lowest BCUT2D eigenvalue weighted by molar-refractivity contribution is -0.870. The summed E-state index contributed by atoms with van der Waals surface area (Å²) in [5.74, 6) is -0.552. The van der Waals surface area contributed by atoms with Crippen LogP contribution in [0.25, 0.3) is 0 Å². The van der Waals surface area contributed by atoms with Crippen LogP contribution in [-0.4, -0.2) is 74.3 Å². The minimum Gasteiger partial charge on any atom is -0.456 e. The summed E-state index contributed by atoms with van der Waals surface area (Å²) < 4.78 is 30.5. The van der Waals surface area contributed by atoms with Crippen LogP contribution in [0.3, 0.4) is 0 Å². The molecule has 0 saturated carbocycles. The van der Waals surface area contributed by atoms with Gasteiger partial charge < -0.3 is 19.4 Å². The first-order valence-corrected chi connectivity index (χ1v) is 28.1. The fourth-order valence-electron chi connectivity index (χ4n) is 7.30. The minimum atomic E-state index is -4.45. The van der Waals surface area contributed by atoms with Crippen LogP contribution in [0.1, 0.15) is 226 Å². The van der Waals surface area contributed by atoms with Crippen LogP contribution in [-0.2, 0) is 27.9 Å². The van der Waals surface area contributed by atoms with Gasteiger partial charge in [-0.1, -0.05) is 185 Å². The number of ether oxygens (including phenoxy) is 1. The predicted molar refractivity (Wildman–Crippen MR) is 277 cm³/mol. The van der Waals surface area contributed by atoms with Crippen LogP contribution in [0, 0.1) is 0 Å². The number of carbonyl (C=O) groups excluding carboxylic acids is 2. The van der Waals surface area contributed by atoms with Gasteiger partial charge in [0.2, 0.25) is 5.91 Å². The van der Waals surface area contributed by atoms with Crippen molar-refractivity contribution in [2.24, 2.45) is 0 Å². The standard InChI is InChI=1S/C55H101N2O7P/c1-7-10-13-16-19-22-25-28-30-32-35-38-41-44-47-54(58)56-52(51-63-65(60,61)62-50-49-57(4,5)6)53(46-43-40-37-34-31-27-24-21-18-15-12-9-3)64-55(59)48-45-42-39-36-33-29-26-23-20-17-14-11-8-2/h10,13,19,22,28-30,33,43,46,52-53H,7-9,11-12,14-18,20-21,23-27,31-32,34-42,44-45,47-51H2,1-6H3,(H-,56,58,60,61)/p+1/b13-10+,22-19+,30-28+,33-29-,46-43+. The number of rotatable bonds is 47. The van der Waals surface area contributed by atoms with E-state index < -0.39 is 20.0 Å². The molecule has 378 valence electrons. The summed E-state index contributed by atoms with van der Waals surface area (Å²) in [5.41, 5.74) is 0. The minimum absolute atomic E-state index is 0.0319. The number of phosphoric ester groups is 1. The monoisotopic (exact) mass is 934 g/mol. The van der Waals surface area contributed by atoms with Crippen molar-refractivity contribution in [3.05, 3.63) is 60.8 Å². The second-order valence-electron chi connectivity index (χ2n) is 19.0. The molecule has 0 aliphatic heterocycles. The van der Waals surface area contributed by atoms with Crippen LogP contribution < -0.4 is 5.32 Å². The molecule has 0 aliphatic rings. The second-order valence-corrected chi connectivity index (χ2v) is 20.5. The molecule has 0 heterocycles. The largest absolute Gasteiger partial charge is 0.472 e. The molecule has 0 bridgehead atoms. The van der Waals surface area contributed by atoms with Gasteiger partial charge in [0, 0.05) is 12.8 Å². The summed E-state index contributed by atoms with van der Waals surface area (Å²) in [6.45, 7) is 6.84. The lowest BCUT2D eigenvalue weighted by atomic mass is 10.0. The summed E-state index contributed by atoms with van der Waals surface area (Å²) in [6, 6.07) is -0.864. The van der Waals surface area contributed by atoms with Crippen LogP contribution in [0.4, 0.5) is 0 Å². The first kappa shape index (κ1) is 62.7. The fraction of sp³-hybridized carbons (Fsp3) is 0.782. The number of unbranched alkanes of at least 4 members (excludes halogenated alkanes) is 23. The van der Waals surface area contributed by atoms with Gasteiger partial charge in [-0.3, -0.25) is 18.6 Å². The summed E-state index contributed by atoms with van der Waals surface area (Å²) in [6.07, 6.45) is 55.0. The van der Waals surface area contributed by atoms with Crippen molar-refractivity contribution in [2.75, 3.05) is 40.9 Å². The van der Waals surface area contributed by atoms with Gasteiger partial charge in [0.1, 0.15) is 19.3 Å². The Kier molecular flexibility index (Phi) is 43.9. The number of allylic oxidation sites excluding steroid dienone is 9. The highest BCUT2D eigenvalue weighted by Gasteiger charge is 2.30.